The van der Waals surface area contributed by atoms with Crippen LogP contribution in [0.2, 0.25) is 0 Å². The predicted octanol–water partition coefficient (Wildman–Crippen LogP) is 5.81. The Morgan fingerprint density at radius 2 is 1.36 bits per heavy atom. The van der Waals surface area contributed by atoms with E-state index in [2.05, 4.69) is 68.5 Å². The summed E-state index contributed by atoms with van der Waals surface area (Å²) in [4.78, 5) is 0. The van der Waals surface area contributed by atoms with E-state index in [1.54, 1.807) is 14.2 Å². The Labute approximate surface area is 166 Å². The molecule has 2 heteroatoms. The van der Waals surface area contributed by atoms with Crippen LogP contribution >= 0.6 is 0 Å². The molecule has 0 radical (unpaired) electrons. The minimum absolute atomic E-state index is 0.152. The first-order valence-electron chi connectivity index (χ1n) is 9.77. The smallest absolute Gasteiger partial charge is 0.124 e. The minimum atomic E-state index is -0.369. The second kappa shape index (κ2) is 6.00. The molecule has 3 aliphatic rings. The third kappa shape index (κ3) is 1.83. The Morgan fingerprint density at radius 3 is 1.89 bits per heavy atom. The first-order chi connectivity index (χ1) is 13.7. The van der Waals surface area contributed by atoms with Gasteiger partial charge in [-0.15, -0.1) is 0 Å². The zero-order chi connectivity index (χ0) is 19.5. The zero-order valence-corrected chi connectivity index (χ0v) is 16.7. The van der Waals surface area contributed by atoms with E-state index in [0.29, 0.717) is 0 Å². The van der Waals surface area contributed by atoms with Gasteiger partial charge in [-0.3, -0.25) is 0 Å². The van der Waals surface area contributed by atoms with Crippen molar-refractivity contribution < 1.29 is 9.47 Å². The van der Waals surface area contributed by atoms with Gasteiger partial charge in [-0.05, 0) is 48.2 Å². The molecule has 0 atom stereocenters. The zero-order valence-electron chi connectivity index (χ0n) is 16.7. The third-order valence-corrected chi connectivity index (χ3v) is 6.65. The average Bonchev–Trinajstić information content (AvgIpc) is 2.77. The molecule has 3 aromatic carbocycles. The molecule has 2 bridgehead atoms. The first-order valence-corrected chi connectivity index (χ1v) is 9.77. The lowest BCUT2D eigenvalue weighted by Crippen LogP contribution is -2.43. The van der Waals surface area contributed by atoms with E-state index in [1.165, 1.54) is 39.0 Å². The van der Waals surface area contributed by atoms with E-state index in [1.807, 2.05) is 12.1 Å². The van der Waals surface area contributed by atoms with Crippen molar-refractivity contribution in [3.63, 3.8) is 0 Å². The molecule has 3 aromatic rings. The Bertz CT molecular complexity index is 1080. The second-order valence-electron chi connectivity index (χ2n) is 7.59. The summed E-state index contributed by atoms with van der Waals surface area (Å²) in [5.41, 5.74) is 8.84. The number of allylic oxidation sites excluding steroid dienone is 2. The topological polar surface area (TPSA) is 18.5 Å². The van der Waals surface area contributed by atoms with Crippen molar-refractivity contribution in [2.75, 3.05) is 14.2 Å². The van der Waals surface area contributed by atoms with Crippen LogP contribution in [0.4, 0.5) is 0 Å². The molecule has 0 heterocycles. The van der Waals surface area contributed by atoms with Gasteiger partial charge in [0.25, 0.3) is 0 Å². The van der Waals surface area contributed by atoms with Crippen LogP contribution in [0.5, 0.6) is 11.5 Å². The van der Waals surface area contributed by atoms with Crippen LogP contribution < -0.4 is 9.47 Å². The van der Waals surface area contributed by atoms with Crippen LogP contribution in [0, 0.1) is 0 Å². The van der Waals surface area contributed by atoms with Gasteiger partial charge >= 0.3 is 0 Å². The van der Waals surface area contributed by atoms with Gasteiger partial charge in [0, 0.05) is 17.0 Å². The van der Waals surface area contributed by atoms with Crippen LogP contribution in [-0.2, 0) is 5.41 Å². The normalized spacial score (nSPS) is 21.6. The SMILES string of the molecule is C/C=C(\C)C12c3ccccc3C(c3ccccc31)c1c(OC)ccc(OC)c12. The summed E-state index contributed by atoms with van der Waals surface area (Å²) in [5, 5.41) is 0. The molecule has 2 nitrogen and oxygen atoms in total. The van der Waals surface area contributed by atoms with E-state index in [4.69, 9.17) is 9.47 Å². The largest absolute Gasteiger partial charge is 0.496 e. The molecule has 0 N–H and O–H groups in total. The highest BCUT2D eigenvalue weighted by atomic mass is 16.5. The Morgan fingerprint density at radius 1 is 0.821 bits per heavy atom. The molecular weight excluding hydrogens is 344 g/mol. The molecule has 0 spiro atoms. The van der Waals surface area contributed by atoms with Gasteiger partial charge in [-0.1, -0.05) is 60.2 Å². The average molecular weight is 368 g/mol. The molecule has 6 rings (SSSR count). The molecule has 0 aliphatic heterocycles. The van der Waals surface area contributed by atoms with Crippen molar-refractivity contribution in [3.05, 3.63) is 106 Å². The fraction of sp³-hybridized carbons (Fsp3) is 0.231. The summed E-state index contributed by atoms with van der Waals surface area (Å²) < 4.78 is 11.8. The monoisotopic (exact) mass is 368 g/mol. The van der Waals surface area contributed by atoms with Gasteiger partial charge < -0.3 is 9.47 Å². The van der Waals surface area contributed by atoms with Gasteiger partial charge in [0.2, 0.25) is 0 Å². The summed E-state index contributed by atoms with van der Waals surface area (Å²) in [6.45, 7) is 4.37. The van der Waals surface area contributed by atoms with Crippen molar-refractivity contribution in [2.45, 2.75) is 25.2 Å². The van der Waals surface area contributed by atoms with Gasteiger partial charge in [0.1, 0.15) is 11.5 Å². The van der Waals surface area contributed by atoms with E-state index < -0.39 is 0 Å². The van der Waals surface area contributed by atoms with E-state index >= 15 is 0 Å². The van der Waals surface area contributed by atoms with Gasteiger partial charge in [-0.25, -0.2) is 0 Å². The maximum atomic E-state index is 5.93. The van der Waals surface area contributed by atoms with Crippen LogP contribution in [0.3, 0.4) is 0 Å². The van der Waals surface area contributed by atoms with Gasteiger partial charge in [0.05, 0.1) is 19.6 Å². The molecule has 0 saturated heterocycles. The standard InChI is InChI=1S/C26H24O2/c1-5-16(2)26-19-12-8-6-10-17(19)23(18-11-7-9-13-20(18)26)24-21(27-3)14-15-22(28-4)25(24)26/h5-15,23H,1-4H3/b16-5+. The molecule has 3 aliphatic carbocycles. The Hall–Kier alpha value is -3.00. The fourth-order valence-electron chi connectivity index (χ4n) is 5.51. The predicted molar refractivity (Wildman–Crippen MR) is 113 cm³/mol. The maximum absolute atomic E-state index is 5.93. The molecule has 0 saturated carbocycles. The molecular formula is C26H24O2. The number of hydrogen-bond acceptors (Lipinski definition) is 2. The highest BCUT2D eigenvalue weighted by Crippen LogP contribution is 2.65. The molecule has 0 fully saturated rings. The molecule has 0 amide bonds. The molecule has 0 aromatic heterocycles. The van der Waals surface area contributed by atoms with Crippen LogP contribution in [0.1, 0.15) is 53.1 Å². The molecule has 0 unspecified atom stereocenters. The Kier molecular flexibility index (Phi) is 3.67. The first kappa shape index (κ1) is 17.1. The van der Waals surface area contributed by atoms with Crippen molar-refractivity contribution in [2.24, 2.45) is 0 Å². The lowest BCUT2D eigenvalue weighted by atomic mass is 9.50. The van der Waals surface area contributed by atoms with Crippen molar-refractivity contribution in [1.82, 2.24) is 0 Å². The van der Waals surface area contributed by atoms with Crippen molar-refractivity contribution in [3.8, 4) is 11.5 Å². The summed E-state index contributed by atoms with van der Waals surface area (Å²) in [6.07, 6.45) is 2.24. The highest BCUT2D eigenvalue weighted by Gasteiger charge is 2.54. The van der Waals surface area contributed by atoms with Crippen LogP contribution in [0.15, 0.2) is 72.3 Å². The molecule has 140 valence electrons. The number of ether oxygens (including phenoxy) is 2. The third-order valence-electron chi connectivity index (χ3n) is 6.65. The van der Waals surface area contributed by atoms with Crippen molar-refractivity contribution in [1.29, 1.82) is 0 Å². The number of hydrogen-bond donors (Lipinski definition) is 0. The van der Waals surface area contributed by atoms with Gasteiger partial charge in [-0.2, -0.15) is 0 Å². The van der Waals surface area contributed by atoms with Crippen LogP contribution in [-0.4, -0.2) is 14.2 Å². The highest BCUT2D eigenvalue weighted by molar-refractivity contribution is 5.79. The summed E-state index contributed by atoms with van der Waals surface area (Å²) in [7, 11) is 3.53. The lowest BCUT2D eigenvalue weighted by Gasteiger charge is -2.52. The van der Waals surface area contributed by atoms with E-state index in [9.17, 15) is 0 Å². The maximum Gasteiger partial charge on any atom is 0.124 e. The second-order valence-corrected chi connectivity index (χ2v) is 7.59. The number of benzene rings is 3. The van der Waals surface area contributed by atoms with E-state index in [0.717, 1.165) is 11.5 Å². The fourth-order valence-corrected chi connectivity index (χ4v) is 5.51. The van der Waals surface area contributed by atoms with Crippen LogP contribution in [0.25, 0.3) is 0 Å². The summed E-state index contributed by atoms with van der Waals surface area (Å²) >= 11 is 0. The van der Waals surface area contributed by atoms with Crippen molar-refractivity contribution >= 4 is 0 Å². The Balaban J connectivity index is 2.06. The summed E-state index contributed by atoms with van der Waals surface area (Å²) in [5.74, 6) is 2.00. The van der Waals surface area contributed by atoms with E-state index in [-0.39, 0.29) is 11.3 Å². The quantitative estimate of drug-likeness (QED) is 0.543. The lowest BCUT2D eigenvalue weighted by molar-refractivity contribution is 0.383. The summed E-state index contributed by atoms with van der Waals surface area (Å²) in [6, 6.07) is 21.8. The van der Waals surface area contributed by atoms with Gasteiger partial charge in [0.15, 0.2) is 0 Å². The number of rotatable bonds is 3. The number of methoxy groups -OCH3 is 2. The molecule has 28 heavy (non-hydrogen) atoms. The minimum Gasteiger partial charge on any atom is -0.496 e.